The van der Waals surface area contributed by atoms with Crippen LogP contribution in [0.3, 0.4) is 0 Å². The van der Waals surface area contributed by atoms with Gasteiger partial charge in [-0.2, -0.15) is 0 Å². The second kappa shape index (κ2) is 4.87. The van der Waals surface area contributed by atoms with Crippen molar-refractivity contribution < 1.29 is 30.7 Å². The molecule has 1 aromatic carbocycles. The van der Waals surface area contributed by atoms with Crippen LogP contribution in [0.5, 0.6) is 0 Å². The third-order valence-electron chi connectivity index (χ3n) is 1.37. The van der Waals surface area contributed by atoms with Crippen molar-refractivity contribution in [2.75, 3.05) is 0 Å². The Morgan fingerprint density at radius 3 is 2.50 bits per heavy atom. The summed E-state index contributed by atoms with van der Waals surface area (Å²) in [7, 11) is 0. The zero-order chi connectivity index (χ0) is 6.69. The summed E-state index contributed by atoms with van der Waals surface area (Å²) in [5, 5.41) is 1.27. The molecule has 0 fully saturated rings. The van der Waals surface area contributed by atoms with Crippen LogP contribution < -0.4 is 12.4 Å². The Morgan fingerprint density at radius 2 is 2.10 bits per heavy atom. The van der Waals surface area contributed by atoms with Crippen LogP contribution in [0.4, 0.5) is 0 Å². The summed E-state index contributed by atoms with van der Waals surface area (Å²) < 4.78 is 0. The molecule has 2 heteroatoms. The van der Waals surface area contributed by atoms with E-state index in [0.29, 0.717) is 0 Å². The molecule has 0 aliphatic rings. The van der Waals surface area contributed by atoms with E-state index in [-0.39, 0.29) is 12.4 Å². The smallest absolute Gasteiger partial charge is 1.00 e. The average Bonchev–Trinajstić information content (AvgIpc) is 1.88. The summed E-state index contributed by atoms with van der Waals surface area (Å²) in [4.78, 5) is 0. The molecule has 0 nitrogen and oxygen atoms in total. The van der Waals surface area contributed by atoms with Crippen molar-refractivity contribution in [1.82, 2.24) is 0 Å². The number of benzene rings is 1. The molecular weight excluding hydrogens is 197 g/mol. The van der Waals surface area contributed by atoms with Gasteiger partial charge in [0.15, 0.2) is 0 Å². The van der Waals surface area contributed by atoms with Gasteiger partial charge in [-0.05, 0) is 0 Å². The molecule has 0 N–H and O–H groups in total. The van der Waals surface area contributed by atoms with Crippen LogP contribution in [0.15, 0.2) is 24.3 Å². The van der Waals surface area contributed by atoms with Crippen molar-refractivity contribution in [3.05, 3.63) is 35.4 Å². The van der Waals surface area contributed by atoms with E-state index in [4.69, 9.17) is 0 Å². The molecule has 0 aliphatic carbocycles. The van der Waals surface area contributed by atoms with E-state index in [1.807, 2.05) is 0 Å². The van der Waals surface area contributed by atoms with Crippen LogP contribution in [0.2, 0.25) is 0 Å². The predicted octanol–water partition coefficient (Wildman–Crippen LogP) is -0.954. The van der Waals surface area contributed by atoms with Gasteiger partial charge in [-0.25, -0.2) is 0 Å². The van der Waals surface area contributed by atoms with Gasteiger partial charge in [-0.15, -0.1) is 0 Å². The first-order valence-corrected chi connectivity index (χ1v) is 5.27. The van der Waals surface area contributed by atoms with Crippen LogP contribution >= 0.6 is 0 Å². The molecule has 1 rings (SSSR count). The van der Waals surface area contributed by atoms with Gasteiger partial charge in [0.2, 0.25) is 0 Å². The summed E-state index contributed by atoms with van der Waals surface area (Å²) in [5.74, 6) is 0. The minimum Gasteiger partial charge on any atom is -1.00 e. The third-order valence-corrected chi connectivity index (χ3v) is 2.58. The molecule has 0 amide bonds. The first-order chi connectivity index (χ1) is 4.33. The van der Waals surface area contributed by atoms with Crippen molar-refractivity contribution in [2.24, 2.45) is 0 Å². The van der Waals surface area contributed by atoms with Crippen LogP contribution in [0.25, 0.3) is 0 Å². The van der Waals surface area contributed by atoms with Gasteiger partial charge in [-0.3, -0.25) is 0 Å². The molecule has 0 saturated carbocycles. The molecule has 0 aromatic heterocycles. The van der Waals surface area contributed by atoms with Crippen molar-refractivity contribution in [3.8, 4) is 0 Å². The Balaban J connectivity index is 0.000000810. The standard InChI is InChI=1S/C8H9.ClH.Zn/c1-7-4-3-5-8(2)6-7;;/h3-6H,1H2,2H3;1H;/q;;+1/p-1. The van der Waals surface area contributed by atoms with Gasteiger partial charge in [0.1, 0.15) is 0 Å². The molecule has 0 radical (unpaired) electrons. The molecule has 0 heterocycles. The first-order valence-electron chi connectivity index (χ1n) is 3.17. The van der Waals surface area contributed by atoms with Crippen LogP contribution in [0.1, 0.15) is 11.1 Å². The van der Waals surface area contributed by atoms with Gasteiger partial charge >= 0.3 is 65.6 Å². The quantitative estimate of drug-likeness (QED) is 0.519. The maximum Gasteiger partial charge on any atom is -1.00 e. The zero-order valence-corrected chi connectivity index (χ0v) is 9.82. The number of hydrogen-bond acceptors (Lipinski definition) is 0. The third kappa shape index (κ3) is 2.81. The summed E-state index contributed by atoms with van der Waals surface area (Å²) in [6.07, 6.45) is 0. The molecule has 1 aromatic rings. The average molecular weight is 206 g/mol. The number of halogens is 1. The monoisotopic (exact) mass is 204 g/mol. The van der Waals surface area contributed by atoms with E-state index in [1.165, 1.54) is 34.4 Å². The molecule has 10 heavy (non-hydrogen) atoms. The van der Waals surface area contributed by atoms with Gasteiger partial charge in [-0.1, -0.05) is 0 Å². The van der Waals surface area contributed by atoms with E-state index in [0.717, 1.165) is 0 Å². The molecule has 0 saturated heterocycles. The van der Waals surface area contributed by atoms with Crippen molar-refractivity contribution >= 4 is 0 Å². The zero-order valence-electron chi connectivity index (χ0n) is 6.10. The Labute approximate surface area is 78.1 Å². The number of aryl methyl sites for hydroxylation is 1. The van der Waals surface area contributed by atoms with E-state index in [1.54, 1.807) is 0 Å². The predicted molar refractivity (Wildman–Crippen MR) is 34.9 cm³/mol. The van der Waals surface area contributed by atoms with E-state index < -0.39 is 0 Å². The fourth-order valence-corrected chi connectivity index (χ4v) is 1.52. The topological polar surface area (TPSA) is 0 Å². The first kappa shape index (κ1) is 10.1. The molecule has 0 atom stereocenters. The molecule has 0 unspecified atom stereocenters. The summed E-state index contributed by atoms with van der Waals surface area (Å²) in [6.45, 7) is 2.14. The van der Waals surface area contributed by atoms with E-state index in [9.17, 15) is 0 Å². The Bertz CT molecular complexity index is 198. The Kier molecular flexibility index (Phi) is 4.94. The fraction of sp³-hybridized carbons (Fsp3) is 0.250. The molecule has 0 aliphatic heterocycles. The SMILES string of the molecule is Cc1cccc([CH2][Zn+])c1.[Cl-]. The van der Waals surface area contributed by atoms with Crippen LogP contribution in [0, 0.1) is 6.92 Å². The number of hydrogen-bond donors (Lipinski definition) is 0. The Hall–Kier alpha value is 0.133. The van der Waals surface area contributed by atoms with Gasteiger partial charge in [0, 0.05) is 0 Å². The van der Waals surface area contributed by atoms with Crippen molar-refractivity contribution in [2.45, 2.75) is 11.9 Å². The van der Waals surface area contributed by atoms with Crippen LogP contribution in [-0.4, -0.2) is 0 Å². The fourth-order valence-electron chi connectivity index (χ4n) is 0.868. The largest absolute Gasteiger partial charge is 1.00 e. The second-order valence-corrected chi connectivity index (χ2v) is 3.29. The minimum atomic E-state index is 0. The van der Waals surface area contributed by atoms with Crippen molar-refractivity contribution in [3.63, 3.8) is 0 Å². The van der Waals surface area contributed by atoms with Crippen molar-refractivity contribution in [1.29, 1.82) is 0 Å². The van der Waals surface area contributed by atoms with Crippen LogP contribution in [-0.2, 0) is 23.3 Å². The maximum atomic E-state index is 2.25. The molecular formula is C8H9ClZn. The van der Waals surface area contributed by atoms with Gasteiger partial charge in [0.05, 0.1) is 0 Å². The molecule has 50 valence electrons. The van der Waals surface area contributed by atoms with Gasteiger partial charge < -0.3 is 12.4 Å². The summed E-state index contributed by atoms with van der Waals surface area (Å²) >= 11 is 1.36. The normalized spacial score (nSPS) is 8.70. The van der Waals surface area contributed by atoms with E-state index in [2.05, 4.69) is 31.2 Å². The second-order valence-electron chi connectivity index (χ2n) is 2.24. The van der Waals surface area contributed by atoms with Gasteiger partial charge in [0.25, 0.3) is 0 Å². The summed E-state index contributed by atoms with van der Waals surface area (Å²) in [6, 6.07) is 8.71. The summed E-state index contributed by atoms with van der Waals surface area (Å²) in [5.41, 5.74) is 2.86. The maximum absolute atomic E-state index is 2.25. The number of rotatable bonds is 1. The molecule has 0 bridgehead atoms. The van der Waals surface area contributed by atoms with E-state index >= 15 is 0 Å². The molecule has 0 spiro atoms. The minimum absolute atomic E-state index is 0. The Morgan fingerprint density at radius 1 is 1.40 bits per heavy atom.